The molecule has 2 aromatic heterocycles. The minimum Gasteiger partial charge on any atom is -0.356 e. The Morgan fingerprint density at radius 2 is 0.966 bits per heavy atom. The van der Waals surface area contributed by atoms with Crippen molar-refractivity contribution >= 4 is 11.8 Å². The lowest BCUT2D eigenvalue weighted by molar-refractivity contribution is -0.126. The number of aromatic amines is 2. The van der Waals surface area contributed by atoms with Gasteiger partial charge < -0.3 is 20.6 Å². The number of imidazole rings is 2. The van der Waals surface area contributed by atoms with Crippen molar-refractivity contribution in [2.45, 2.75) is 119 Å². The molecule has 0 unspecified atom stereocenters. The number of H-pyrrole nitrogens is 2. The number of fused-ring (bicyclic) bond motifs is 4. The third-order valence-corrected chi connectivity index (χ3v) is 16.2. The van der Waals surface area contributed by atoms with Crippen LogP contribution < -0.4 is 10.6 Å². The lowest BCUT2D eigenvalue weighted by Crippen LogP contribution is -2.54. The Kier molecular flexibility index (Phi) is 11.3. The Hall–Kier alpha value is -4.20. The molecule has 4 N–H and O–H groups in total. The lowest BCUT2D eigenvalue weighted by atomic mass is 9.45. The number of nitrogens with one attached hydrogen (secondary N) is 4. The molecule has 4 aromatic rings. The van der Waals surface area contributed by atoms with E-state index in [1.165, 1.54) is 38.5 Å². The van der Waals surface area contributed by atoms with Gasteiger partial charge in [0.1, 0.15) is 11.6 Å². The van der Waals surface area contributed by atoms with Crippen LogP contribution >= 0.6 is 0 Å². The van der Waals surface area contributed by atoms with E-state index in [2.05, 4.69) is 125 Å². The van der Waals surface area contributed by atoms with E-state index in [4.69, 9.17) is 9.97 Å². The van der Waals surface area contributed by atoms with Crippen LogP contribution in [0.3, 0.4) is 0 Å². The molecule has 2 amide bonds. The van der Waals surface area contributed by atoms with Gasteiger partial charge >= 0.3 is 0 Å². The van der Waals surface area contributed by atoms with Gasteiger partial charge in [-0.2, -0.15) is 0 Å². The SMILES string of the molecule is CC(C)[C@H](CC(=O)NC[C@@H]1CC[C@H]2C[C@@H]1C2(C)C)c1ncc(-c2ccc(-c3ccc(-c4cnc([C@@H](CC(=O)NC[C@@H]5CC[C@H]6C[C@@H]5C6(C)C)C(C)C)[nH]4)cc3)cc2)[nH]1. The van der Waals surface area contributed by atoms with Crippen molar-refractivity contribution in [1.82, 2.24) is 30.6 Å². The summed E-state index contributed by atoms with van der Waals surface area (Å²) >= 11 is 0. The molecule has 6 saturated carbocycles. The van der Waals surface area contributed by atoms with Crippen LogP contribution in [0.5, 0.6) is 0 Å². The Bertz CT molecular complexity index is 1900. The second kappa shape index (κ2) is 16.1. The van der Waals surface area contributed by atoms with Crippen LogP contribution in [-0.2, 0) is 9.59 Å². The van der Waals surface area contributed by atoms with Gasteiger partial charge in [-0.3, -0.25) is 9.59 Å². The van der Waals surface area contributed by atoms with Crippen LogP contribution in [0, 0.1) is 58.2 Å². The largest absolute Gasteiger partial charge is 0.356 e. The molecule has 58 heavy (non-hydrogen) atoms. The minimum absolute atomic E-state index is 0.0263. The summed E-state index contributed by atoms with van der Waals surface area (Å²) in [6, 6.07) is 17.2. The molecule has 8 nitrogen and oxygen atoms in total. The normalized spacial score (nSPS) is 26.4. The molecule has 4 bridgehead atoms. The summed E-state index contributed by atoms with van der Waals surface area (Å²) in [7, 11) is 0. The maximum absolute atomic E-state index is 13.2. The number of carbonyl (C=O) groups is 2. The first kappa shape index (κ1) is 40.6. The summed E-state index contributed by atoms with van der Waals surface area (Å²) in [6.07, 6.45) is 12.4. The predicted molar refractivity (Wildman–Crippen MR) is 234 cm³/mol. The van der Waals surface area contributed by atoms with Crippen LogP contribution in [-0.4, -0.2) is 44.8 Å². The van der Waals surface area contributed by atoms with Gasteiger partial charge in [-0.25, -0.2) is 9.97 Å². The van der Waals surface area contributed by atoms with Crippen molar-refractivity contribution in [2.24, 2.45) is 58.2 Å². The summed E-state index contributed by atoms with van der Waals surface area (Å²) in [5, 5.41) is 6.61. The van der Waals surface area contributed by atoms with Crippen molar-refractivity contribution in [3.63, 3.8) is 0 Å². The Morgan fingerprint density at radius 1 is 0.603 bits per heavy atom. The van der Waals surface area contributed by atoms with Crippen LogP contribution in [0.15, 0.2) is 60.9 Å². The van der Waals surface area contributed by atoms with Crippen molar-refractivity contribution < 1.29 is 9.59 Å². The highest BCUT2D eigenvalue weighted by atomic mass is 16.2. The van der Waals surface area contributed by atoms with Crippen molar-refractivity contribution in [1.29, 1.82) is 0 Å². The number of hydrogen-bond acceptors (Lipinski definition) is 4. The van der Waals surface area contributed by atoms with Crippen molar-refractivity contribution in [3.05, 3.63) is 72.6 Å². The van der Waals surface area contributed by atoms with E-state index >= 15 is 0 Å². The van der Waals surface area contributed by atoms with Gasteiger partial charge in [0, 0.05) is 37.8 Å². The summed E-state index contributed by atoms with van der Waals surface area (Å²) in [5.74, 6) is 7.06. The topological polar surface area (TPSA) is 116 Å². The molecule has 0 spiro atoms. The highest BCUT2D eigenvalue weighted by molar-refractivity contribution is 5.77. The number of rotatable bonds is 15. The van der Waals surface area contributed by atoms with Crippen molar-refractivity contribution in [3.8, 4) is 33.6 Å². The smallest absolute Gasteiger partial charge is 0.220 e. The molecule has 6 fully saturated rings. The molecule has 6 aliphatic rings. The minimum atomic E-state index is 0.0263. The second-order valence-corrected chi connectivity index (χ2v) is 20.6. The monoisotopic (exact) mass is 785 g/mol. The molecule has 2 heterocycles. The van der Waals surface area contributed by atoms with Gasteiger partial charge in [-0.1, -0.05) is 104 Å². The summed E-state index contributed by atoms with van der Waals surface area (Å²) in [4.78, 5) is 43.1. The molecule has 0 aliphatic heterocycles. The summed E-state index contributed by atoms with van der Waals surface area (Å²) in [5.41, 5.74) is 7.19. The Labute approximate surface area is 347 Å². The number of amides is 2. The molecule has 8 atom stereocenters. The lowest BCUT2D eigenvalue weighted by Gasteiger charge is -2.60. The number of benzene rings is 2. The average molecular weight is 785 g/mol. The van der Waals surface area contributed by atoms with Crippen LogP contribution in [0.25, 0.3) is 33.6 Å². The molecular formula is C50H68N6O2. The van der Waals surface area contributed by atoms with Gasteiger partial charge in [0.05, 0.1) is 23.8 Å². The van der Waals surface area contributed by atoms with E-state index in [1.54, 1.807) is 0 Å². The standard InChI is InChI=1S/C50H68N6O2/c1-29(2)39(23-45(57)51-25-35-17-19-37-21-41(35)49(37,5)6)47-53-27-43(55-47)33-13-9-31(10-14-33)32-11-15-34(16-12-32)44-28-54-48(56-44)40(30(3)4)24-46(58)52-26-36-18-20-38-22-42(36)50(38,7)8/h9-16,27-30,35-42H,17-26H2,1-8H3,(H,51,57)(H,52,58)(H,53,55)(H,54,56)/t35-,36-,37-,38-,39-,40-,41-,42-/m0/s1. The van der Waals surface area contributed by atoms with E-state index in [9.17, 15) is 9.59 Å². The highest BCUT2D eigenvalue weighted by Crippen LogP contribution is 2.62. The maximum atomic E-state index is 13.2. The van der Waals surface area contributed by atoms with Crippen molar-refractivity contribution in [2.75, 3.05) is 13.1 Å². The molecule has 310 valence electrons. The second-order valence-electron chi connectivity index (χ2n) is 20.6. The van der Waals surface area contributed by atoms with E-state index in [0.717, 1.165) is 82.1 Å². The third kappa shape index (κ3) is 7.93. The average Bonchev–Trinajstić information content (AvgIpc) is 3.91. The first-order chi connectivity index (χ1) is 27.7. The van der Waals surface area contributed by atoms with Crippen LogP contribution in [0.4, 0.5) is 0 Å². The summed E-state index contributed by atoms with van der Waals surface area (Å²) < 4.78 is 0. The van der Waals surface area contributed by atoms with Gasteiger partial charge in [-0.15, -0.1) is 0 Å². The van der Waals surface area contributed by atoms with Gasteiger partial charge in [0.15, 0.2) is 0 Å². The number of nitrogens with zero attached hydrogens (tertiary/aromatic N) is 2. The summed E-state index contributed by atoms with van der Waals surface area (Å²) in [6.45, 7) is 20.0. The highest BCUT2D eigenvalue weighted by Gasteiger charge is 2.55. The molecule has 0 radical (unpaired) electrons. The van der Waals surface area contributed by atoms with Crippen LogP contribution in [0.2, 0.25) is 0 Å². The van der Waals surface area contributed by atoms with Gasteiger partial charge in [0.2, 0.25) is 11.8 Å². The molecule has 0 saturated heterocycles. The van der Waals surface area contributed by atoms with E-state index in [0.29, 0.717) is 35.5 Å². The fraction of sp³-hybridized carbons (Fsp3) is 0.600. The first-order valence-corrected chi connectivity index (χ1v) is 22.5. The van der Waals surface area contributed by atoms with Gasteiger partial charge in [0.25, 0.3) is 0 Å². The number of carbonyl (C=O) groups excluding carboxylic acids is 2. The number of hydrogen-bond donors (Lipinski definition) is 4. The molecular weight excluding hydrogens is 717 g/mol. The predicted octanol–water partition coefficient (Wildman–Crippen LogP) is 10.8. The maximum Gasteiger partial charge on any atom is 0.220 e. The fourth-order valence-corrected chi connectivity index (χ4v) is 11.8. The zero-order chi connectivity index (χ0) is 40.9. The zero-order valence-electron chi connectivity index (χ0n) is 36.3. The Morgan fingerprint density at radius 3 is 1.29 bits per heavy atom. The first-order valence-electron chi connectivity index (χ1n) is 22.5. The fourth-order valence-electron chi connectivity index (χ4n) is 11.8. The quantitative estimate of drug-likeness (QED) is 0.0960. The molecule has 6 aliphatic carbocycles. The molecule has 10 rings (SSSR count). The molecule has 2 aromatic carbocycles. The Balaban J connectivity index is 0.848. The van der Waals surface area contributed by atoms with E-state index in [-0.39, 0.29) is 35.5 Å². The third-order valence-electron chi connectivity index (χ3n) is 16.2. The van der Waals surface area contributed by atoms with Gasteiger partial charge in [-0.05, 0) is 119 Å². The van der Waals surface area contributed by atoms with E-state index in [1.807, 2.05) is 12.4 Å². The molecule has 8 heteroatoms. The zero-order valence-corrected chi connectivity index (χ0v) is 36.3. The van der Waals surface area contributed by atoms with Crippen LogP contribution in [0.1, 0.15) is 130 Å². The van der Waals surface area contributed by atoms with E-state index < -0.39 is 0 Å². The number of aromatic nitrogens is 4.